The van der Waals surface area contributed by atoms with Crippen molar-refractivity contribution in [3.05, 3.63) is 58.4 Å². The summed E-state index contributed by atoms with van der Waals surface area (Å²) in [5.74, 6) is -0.138. The molecule has 0 unspecified atom stereocenters. The number of rotatable bonds is 4. The fraction of sp³-hybridized carbons (Fsp3) is 0.286. The number of aromatic nitrogens is 1. The van der Waals surface area contributed by atoms with Gasteiger partial charge in [0.15, 0.2) is 0 Å². The molecule has 0 N–H and O–H groups in total. The van der Waals surface area contributed by atoms with Gasteiger partial charge in [-0.15, -0.1) is 11.3 Å². The lowest BCUT2D eigenvalue weighted by atomic mass is 9.99. The van der Waals surface area contributed by atoms with Crippen molar-refractivity contribution in [1.82, 2.24) is 4.98 Å². The zero-order valence-electron chi connectivity index (χ0n) is 14.7. The Hall–Kier alpha value is -2.00. The van der Waals surface area contributed by atoms with Gasteiger partial charge in [-0.1, -0.05) is 32.1 Å². The molecule has 3 rings (SSSR count). The Kier molecular flexibility index (Phi) is 4.55. The molecule has 124 valence electrons. The number of hydrogen-bond acceptors (Lipinski definition) is 2. The van der Waals surface area contributed by atoms with Crippen molar-refractivity contribution in [3.63, 3.8) is 0 Å². The van der Waals surface area contributed by atoms with Crippen LogP contribution in [-0.2, 0) is 0 Å². The second-order valence-corrected chi connectivity index (χ2v) is 7.37. The van der Waals surface area contributed by atoms with Gasteiger partial charge < -0.3 is 0 Å². The summed E-state index contributed by atoms with van der Waals surface area (Å²) >= 11 is 1.65. The Balaban J connectivity index is 2.15. The molecule has 0 radical (unpaired) electrons. The van der Waals surface area contributed by atoms with Crippen LogP contribution in [0, 0.1) is 26.6 Å². The maximum Gasteiger partial charge on any atom is 0.133 e. The fourth-order valence-electron chi connectivity index (χ4n) is 3.08. The third-order valence-electron chi connectivity index (χ3n) is 4.39. The van der Waals surface area contributed by atoms with Crippen LogP contribution in [0.4, 0.5) is 4.39 Å². The van der Waals surface area contributed by atoms with E-state index in [2.05, 4.69) is 19.6 Å². The van der Waals surface area contributed by atoms with Crippen molar-refractivity contribution < 1.29 is 4.39 Å². The molecule has 0 saturated carbocycles. The summed E-state index contributed by atoms with van der Waals surface area (Å²) in [6.45, 7) is 12.2. The molecular formula is C21H22FNS. The molecule has 0 atom stereocenters. The molecule has 0 aliphatic rings. The fourth-order valence-corrected chi connectivity index (χ4v) is 4.13. The van der Waals surface area contributed by atoms with Crippen molar-refractivity contribution >= 4 is 27.7 Å². The summed E-state index contributed by atoms with van der Waals surface area (Å²) in [5.41, 5.74) is 4.87. The van der Waals surface area contributed by atoms with Gasteiger partial charge in [0.2, 0.25) is 0 Å². The highest BCUT2D eigenvalue weighted by Crippen LogP contribution is 2.36. The molecule has 3 aromatic rings. The van der Waals surface area contributed by atoms with E-state index in [0.29, 0.717) is 10.9 Å². The highest BCUT2D eigenvalue weighted by Gasteiger charge is 2.14. The number of thiazole rings is 1. The number of allylic oxidation sites excluding steroid dienone is 1. The monoisotopic (exact) mass is 339 g/mol. The number of halogens is 1. The van der Waals surface area contributed by atoms with Crippen molar-refractivity contribution in [3.8, 4) is 10.6 Å². The first-order valence-corrected chi connectivity index (χ1v) is 9.09. The molecule has 0 aliphatic heterocycles. The zero-order chi connectivity index (χ0) is 17.4. The third kappa shape index (κ3) is 2.89. The van der Waals surface area contributed by atoms with Crippen LogP contribution < -0.4 is 0 Å². The van der Waals surface area contributed by atoms with Gasteiger partial charge in [-0.25, -0.2) is 9.37 Å². The van der Waals surface area contributed by atoms with E-state index in [-0.39, 0.29) is 5.82 Å². The zero-order valence-corrected chi connectivity index (χ0v) is 15.5. The molecule has 2 aromatic carbocycles. The first-order valence-electron chi connectivity index (χ1n) is 8.27. The normalized spacial score (nSPS) is 11.2. The van der Waals surface area contributed by atoms with Gasteiger partial charge in [0.05, 0.1) is 10.6 Å². The summed E-state index contributed by atoms with van der Waals surface area (Å²) in [7, 11) is 0. The number of aryl methyl sites for hydroxylation is 3. The van der Waals surface area contributed by atoms with Gasteiger partial charge in [-0.2, -0.15) is 0 Å². The maximum absolute atomic E-state index is 14.6. The SMILES string of the molecule is C=C(CCC)c1sc(-c2cc(C)c3ccc(C)c(F)c3c2)nc1C. The molecule has 24 heavy (non-hydrogen) atoms. The number of fused-ring (bicyclic) bond motifs is 1. The summed E-state index contributed by atoms with van der Waals surface area (Å²) in [6, 6.07) is 7.86. The standard InChI is InChI=1S/C21H22FNS/c1-6-7-13(3)20-15(5)23-21(24-20)16-10-14(4)17-9-8-12(2)19(22)18(17)11-16/h8-11H,3,6-7H2,1-2,4-5H3. The van der Waals surface area contributed by atoms with Crippen molar-refractivity contribution in [2.75, 3.05) is 0 Å². The second kappa shape index (κ2) is 6.48. The molecule has 0 aliphatic carbocycles. The van der Waals surface area contributed by atoms with E-state index in [1.165, 1.54) is 0 Å². The lowest BCUT2D eigenvalue weighted by molar-refractivity contribution is 0.630. The van der Waals surface area contributed by atoms with Crippen molar-refractivity contribution in [1.29, 1.82) is 0 Å². The van der Waals surface area contributed by atoms with E-state index >= 15 is 0 Å². The smallest absolute Gasteiger partial charge is 0.133 e. The van der Waals surface area contributed by atoms with Crippen LogP contribution >= 0.6 is 11.3 Å². The van der Waals surface area contributed by atoms with Crippen LogP contribution in [-0.4, -0.2) is 4.98 Å². The average molecular weight is 339 g/mol. The van der Waals surface area contributed by atoms with Crippen LogP contribution in [0.25, 0.3) is 26.9 Å². The van der Waals surface area contributed by atoms with Crippen LogP contribution in [0.5, 0.6) is 0 Å². The average Bonchev–Trinajstić information content (AvgIpc) is 2.93. The van der Waals surface area contributed by atoms with Crippen LogP contribution in [0.1, 0.15) is 41.5 Å². The molecule has 1 aromatic heterocycles. The predicted octanol–water partition coefficient (Wildman–Crippen LogP) is 6.84. The molecule has 1 heterocycles. The number of hydrogen-bond donors (Lipinski definition) is 0. The Morgan fingerprint density at radius 3 is 2.58 bits per heavy atom. The topological polar surface area (TPSA) is 12.9 Å². The minimum atomic E-state index is -0.138. The molecule has 0 spiro atoms. The largest absolute Gasteiger partial charge is 0.241 e. The van der Waals surface area contributed by atoms with Crippen LogP contribution in [0.3, 0.4) is 0 Å². The lowest BCUT2D eigenvalue weighted by Gasteiger charge is -2.08. The number of benzene rings is 2. The molecule has 0 fully saturated rings. The first kappa shape index (κ1) is 16.8. The Labute approximate surface area is 146 Å². The summed E-state index contributed by atoms with van der Waals surface area (Å²) in [6.07, 6.45) is 2.05. The van der Waals surface area contributed by atoms with Gasteiger partial charge in [-0.3, -0.25) is 0 Å². The quantitative estimate of drug-likeness (QED) is 0.507. The highest BCUT2D eigenvalue weighted by molar-refractivity contribution is 7.16. The maximum atomic E-state index is 14.6. The van der Waals surface area contributed by atoms with Crippen molar-refractivity contribution in [2.24, 2.45) is 0 Å². The highest BCUT2D eigenvalue weighted by atomic mass is 32.1. The summed E-state index contributed by atoms with van der Waals surface area (Å²) < 4.78 is 14.6. The number of nitrogens with zero attached hydrogens (tertiary/aromatic N) is 1. The third-order valence-corrected chi connectivity index (χ3v) is 5.69. The molecule has 1 nitrogen and oxygen atoms in total. The van der Waals surface area contributed by atoms with Gasteiger partial charge in [-0.05, 0) is 61.4 Å². The predicted molar refractivity (Wildman–Crippen MR) is 103 cm³/mol. The Morgan fingerprint density at radius 2 is 1.88 bits per heavy atom. The molecule has 3 heteroatoms. The van der Waals surface area contributed by atoms with E-state index in [1.807, 2.05) is 32.0 Å². The molecule has 0 saturated heterocycles. The minimum Gasteiger partial charge on any atom is -0.241 e. The Morgan fingerprint density at radius 1 is 1.12 bits per heavy atom. The second-order valence-electron chi connectivity index (χ2n) is 6.37. The van der Waals surface area contributed by atoms with E-state index in [9.17, 15) is 4.39 Å². The minimum absolute atomic E-state index is 0.138. The Bertz CT molecular complexity index is 937. The van der Waals surface area contributed by atoms with E-state index in [1.54, 1.807) is 18.3 Å². The molecule has 0 bridgehead atoms. The van der Waals surface area contributed by atoms with Gasteiger partial charge in [0, 0.05) is 10.9 Å². The lowest BCUT2D eigenvalue weighted by Crippen LogP contribution is -1.89. The van der Waals surface area contributed by atoms with E-state index in [4.69, 9.17) is 4.98 Å². The van der Waals surface area contributed by atoms with Crippen LogP contribution in [0.15, 0.2) is 30.8 Å². The van der Waals surface area contributed by atoms with Gasteiger partial charge in [0.1, 0.15) is 10.8 Å². The first-order chi connectivity index (χ1) is 11.4. The molecular weight excluding hydrogens is 317 g/mol. The van der Waals surface area contributed by atoms with Crippen LogP contribution in [0.2, 0.25) is 0 Å². The van der Waals surface area contributed by atoms with Crippen molar-refractivity contribution in [2.45, 2.75) is 40.5 Å². The van der Waals surface area contributed by atoms with E-state index < -0.39 is 0 Å². The summed E-state index contributed by atoms with van der Waals surface area (Å²) in [4.78, 5) is 5.88. The molecule has 0 amide bonds. The van der Waals surface area contributed by atoms with Gasteiger partial charge >= 0.3 is 0 Å². The van der Waals surface area contributed by atoms with Gasteiger partial charge in [0.25, 0.3) is 0 Å². The van der Waals surface area contributed by atoms with E-state index in [0.717, 1.165) is 50.5 Å². The summed E-state index contributed by atoms with van der Waals surface area (Å²) in [5, 5.41) is 2.57.